The second-order valence-corrected chi connectivity index (χ2v) is 6.71. The minimum Gasteiger partial charge on any atom is -0.475 e. The molecule has 0 radical (unpaired) electrons. The summed E-state index contributed by atoms with van der Waals surface area (Å²) in [5.74, 6) is -1.79. The number of furan rings is 1. The highest BCUT2D eigenvalue weighted by Gasteiger charge is 2.26. The highest BCUT2D eigenvalue weighted by atomic mass is 79.9. The van der Waals surface area contributed by atoms with E-state index in [1.54, 1.807) is 31.2 Å². The standard InChI is InChI=1S/C13H12BrNO5S/c1-8(9-5-3-2-4-6-9)15-21(18,19)11-7-10(13(16)17)20-12(11)14/h2-8,15H,1H3,(H,16,17). The molecule has 1 atom stereocenters. The van der Waals surface area contributed by atoms with Crippen molar-refractivity contribution in [2.45, 2.75) is 17.9 Å². The summed E-state index contributed by atoms with van der Waals surface area (Å²) >= 11 is 2.92. The van der Waals surface area contributed by atoms with Crippen molar-refractivity contribution in [2.24, 2.45) is 0 Å². The van der Waals surface area contributed by atoms with E-state index in [1.807, 2.05) is 6.07 Å². The van der Waals surface area contributed by atoms with E-state index in [0.717, 1.165) is 11.6 Å². The van der Waals surface area contributed by atoms with Gasteiger partial charge in [0.1, 0.15) is 4.90 Å². The maximum atomic E-state index is 12.3. The minimum atomic E-state index is -3.90. The van der Waals surface area contributed by atoms with Crippen LogP contribution in [0.3, 0.4) is 0 Å². The third kappa shape index (κ3) is 3.52. The van der Waals surface area contributed by atoms with Crippen LogP contribution in [0.1, 0.15) is 29.1 Å². The Morgan fingerprint density at radius 3 is 2.48 bits per heavy atom. The number of halogens is 1. The smallest absolute Gasteiger partial charge is 0.371 e. The number of aromatic carboxylic acids is 1. The van der Waals surface area contributed by atoms with Gasteiger partial charge < -0.3 is 9.52 Å². The summed E-state index contributed by atoms with van der Waals surface area (Å²) in [6.45, 7) is 1.69. The van der Waals surface area contributed by atoms with Crippen LogP contribution in [0, 0.1) is 0 Å². The third-order valence-electron chi connectivity index (χ3n) is 2.79. The fraction of sp³-hybridized carbons (Fsp3) is 0.154. The molecule has 2 rings (SSSR count). The summed E-state index contributed by atoms with van der Waals surface area (Å²) in [5, 5.41) is 8.82. The van der Waals surface area contributed by atoms with Gasteiger partial charge in [-0.05, 0) is 28.4 Å². The van der Waals surface area contributed by atoms with Gasteiger partial charge in [0.15, 0.2) is 4.67 Å². The maximum Gasteiger partial charge on any atom is 0.371 e. The molecule has 0 aliphatic rings. The second-order valence-electron chi connectivity index (χ2n) is 4.31. The van der Waals surface area contributed by atoms with Gasteiger partial charge in [-0.3, -0.25) is 0 Å². The SMILES string of the molecule is CC(NS(=O)(=O)c1cc(C(=O)O)oc1Br)c1ccccc1. The average molecular weight is 374 g/mol. The van der Waals surface area contributed by atoms with E-state index in [1.165, 1.54) is 0 Å². The molecule has 0 aliphatic heterocycles. The zero-order valence-corrected chi connectivity index (χ0v) is 13.3. The maximum absolute atomic E-state index is 12.3. The molecule has 21 heavy (non-hydrogen) atoms. The molecule has 0 saturated heterocycles. The van der Waals surface area contributed by atoms with Crippen LogP contribution in [0.15, 0.2) is 50.4 Å². The highest BCUT2D eigenvalue weighted by Crippen LogP contribution is 2.27. The average Bonchev–Trinajstić information content (AvgIpc) is 2.82. The molecule has 2 aromatic rings. The molecule has 0 bridgehead atoms. The Hall–Kier alpha value is -1.64. The van der Waals surface area contributed by atoms with Crippen molar-refractivity contribution in [3.8, 4) is 0 Å². The van der Waals surface area contributed by atoms with E-state index in [-0.39, 0.29) is 9.56 Å². The van der Waals surface area contributed by atoms with Crippen molar-refractivity contribution < 1.29 is 22.7 Å². The lowest BCUT2D eigenvalue weighted by Crippen LogP contribution is -2.26. The van der Waals surface area contributed by atoms with E-state index in [0.29, 0.717) is 0 Å². The van der Waals surface area contributed by atoms with Crippen LogP contribution < -0.4 is 4.72 Å². The van der Waals surface area contributed by atoms with Gasteiger partial charge in [0.25, 0.3) is 0 Å². The van der Waals surface area contributed by atoms with Crippen LogP contribution in [0.2, 0.25) is 0 Å². The van der Waals surface area contributed by atoms with Crippen molar-refractivity contribution in [1.29, 1.82) is 0 Å². The topological polar surface area (TPSA) is 96.6 Å². The van der Waals surface area contributed by atoms with Gasteiger partial charge >= 0.3 is 5.97 Å². The summed E-state index contributed by atoms with van der Waals surface area (Å²) in [5.41, 5.74) is 0.791. The van der Waals surface area contributed by atoms with Gasteiger partial charge in [0, 0.05) is 12.1 Å². The minimum absolute atomic E-state index is 0.146. The van der Waals surface area contributed by atoms with E-state index < -0.39 is 27.8 Å². The molecule has 2 N–H and O–H groups in total. The van der Waals surface area contributed by atoms with Crippen LogP contribution in [0.5, 0.6) is 0 Å². The Morgan fingerprint density at radius 1 is 1.33 bits per heavy atom. The molecule has 0 amide bonds. The van der Waals surface area contributed by atoms with Crippen molar-refractivity contribution in [3.63, 3.8) is 0 Å². The van der Waals surface area contributed by atoms with E-state index in [2.05, 4.69) is 20.7 Å². The van der Waals surface area contributed by atoms with E-state index >= 15 is 0 Å². The number of rotatable bonds is 5. The molecule has 1 heterocycles. The zero-order valence-electron chi connectivity index (χ0n) is 10.9. The van der Waals surface area contributed by atoms with Crippen LogP contribution in [0.25, 0.3) is 0 Å². The first-order valence-electron chi connectivity index (χ1n) is 5.91. The van der Waals surface area contributed by atoms with E-state index in [9.17, 15) is 13.2 Å². The molecule has 1 aromatic heterocycles. The summed E-state index contributed by atoms with van der Waals surface area (Å²) < 4.78 is 31.7. The number of hydrogen-bond donors (Lipinski definition) is 2. The largest absolute Gasteiger partial charge is 0.475 e. The Balaban J connectivity index is 2.29. The van der Waals surface area contributed by atoms with Crippen LogP contribution in [-0.2, 0) is 10.0 Å². The quantitative estimate of drug-likeness (QED) is 0.839. The molecular formula is C13H12BrNO5S. The number of carboxylic acids is 1. The van der Waals surface area contributed by atoms with Gasteiger partial charge in [0.05, 0.1) is 0 Å². The molecular weight excluding hydrogens is 362 g/mol. The Bertz CT molecular complexity index is 754. The molecule has 1 unspecified atom stereocenters. The van der Waals surface area contributed by atoms with E-state index in [4.69, 9.17) is 9.52 Å². The third-order valence-corrected chi connectivity index (χ3v) is 5.18. The number of benzene rings is 1. The molecule has 112 valence electrons. The Morgan fingerprint density at radius 2 is 1.95 bits per heavy atom. The van der Waals surface area contributed by atoms with Gasteiger partial charge in [-0.15, -0.1) is 0 Å². The second kappa shape index (κ2) is 6.00. The predicted molar refractivity (Wildman–Crippen MR) is 78.5 cm³/mol. The van der Waals surface area contributed by atoms with Crippen LogP contribution in [0.4, 0.5) is 0 Å². The fourth-order valence-electron chi connectivity index (χ4n) is 1.75. The number of hydrogen-bond acceptors (Lipinski definition) is 4. The lowest BCUT2D eigenvalue weighted by atomic mass is 10.1. The van der Waals surface area contributed by atoms with Crippen molar-refractivity contribution in [1.82, 2.24) is 4.72 Å². The van der Waals surface area contributed by atoms with Gasteiger partial charge in [0.2, 0.25) is 15.8 Å². The molecule has 0 spiro atoms. The molecule has 0 aliphatic carbocycles. The summed E-state index contributed by atoms with van der Waals surface area (Å²) in [6.07, 6.45) is 0. The van der Waals surface area contributed by atoms with Crippen LogP contribution in [-0.4, -0.2) is 19.5 Å². The first kappa shape index (κ1) is 15.7. The van der Waals surface area contributed by atoms with Crippen molar-refractivity contribution in [3.05, 3.63) is 52.4 Å². The van der Waals surface area contributed by atoms with Crippen LogP contribution >= 0.6 is 15.9 Å². The Kier molecular flexibility index (Phi) is 4.50. The molecule has 6 nitrogen and oxygen atoms in total. The number of carbonyl (C=O) groups is 1. The Labute approximate surface area is 130 Å². The lowest BCUT2D eigenvalue weighted by molar-refractivity contribution is 0.0661. The van der Waals surface area contributed by atoms with Gasteiger partial charge in [-0.25, -0.2) is 17.9 Å². The number of nitrogens with one attached hydrogen (secondary N) is 1. The summed E-state index contributed by atoms with van der Waals surface area (Å²) in [4.78, 5) is 10.6. The van der Waals surface area contributed by atoms with Gasteiger partial charge in [-0.1, -0.05) is 30.3 Å². The molecule has 0 saturated carbocycles. The summed E-state index contributed by atoms with van der Waals surface area (Å²) in [6, 6.07) is 9.52. The predicted octanol–water partition coefficient (Wildman–Crippen LogP) is 2.78. The molecule has 1 aromatic carbocycles. The lowest BCUT2D eigenvalue weighted by Gasteiger charge is -2.13. The first-order chi connectivity index (χ1) is 9.81. The zero-order chi connectivity index (χ0) is 15.6. The summed E-state index contributed by atoms with van der Waals surface area (Å²) in [7, 11) is -3.90. The highest BCUT2D eigenvalue weighted by molar-refractivity contribution is 9.10. The molecule has 8 heteroatoms. The number of carboxylic acid groups (broad SMARTS) is 1. The molecule has 0 fully saturated rings. The first-order valence-corrected chi connectivity index (χ1v) is 8.19. The monoisotopic (exact) mass is 373 g/mol. The number of sulfonamides is 1. The normalized spacial score (nSPS) is 13.0. The van der Waals surface area contributed by atoms with Crippen molar-refractivity contribution >= 4 is 31.9 Å². The van der Waals surface area contributed by atoms with Gasteiger partial charge in [-0.2, -0.15) is 0 Å². The van der Waals surface area contributed by atoms with Crippen molar-refractivity contribution in [2.75, 3.05) is 0 Å². The fourth-order valence-corrected chi connectivity index (χ4v) is 3.92.